The summed E-state index contributed by atoms with van der Waals surface area (Å²) in [5.74, 6) is -0.417. The lowest BCUT2D eigenvalue weighted by Gasteiger charge is -2.25. The average molecular weight is 292 g/mol. The molecule has 0 aliphatic carbocycles. The van der Waals surface area contributed by atoms with Crippen LogP contribution in [-0.4, -0.2) is 36.9 Å². The minimum absolute atomic E-state index is 0.406. The van der Waals surface area contributed by atoms with Crippen LogP contribution in [0.3, 0.4) is 0 Å². The van der Waals surface area contributed by atoms with Crippen molar-refractivity contribution in [2.75, 3.05) is 30.8 Å². The SMILES string of the molecule is COC(=O)c1cc(N2CCCC(C)(O)CC2)cc(C)c1N. The molecule has 0 aromatic heterocycles. The van der Waals surface area contributed by atoms with Gasteiger partial charge in [0.15, 0.2) is 0 Å². The molecule has 1 aliphatic heterocycles. The third-order valence-electron chi connectivity index (χ3n) is 4.21. The molecule has 1 atom stereocenters. The summed E-state index contributed by atoms with van der Waals surface area (Å²) < 4.78 is 4.79. The van der Waals surface area contributed by atoms with Crippen molar-refractivity contribution >= 4 is 17.3 Å². The van der Waals surface area contributed by atoms with E-state index in [9.17, 15) is 9.90 Å². The van der Waals surface area contributed by atoms with Gasteiger partial charge in [-0.05, 0) is 50.8 Å². The molecule has 1 saturated heterocycles. The Morgan fingerprint density at radius 2 is 2.10 bits per heavy atom. The lowest BCUT2D eigenvalue weighted by atomic mass is 9.98. The fourth-order valence-corrected chi connectivity index (χ4v) is 2.76. The normalized spacial score (nSPS) is 22.8. The number of hydrogen-bond donors (Lipinski definition) is 2. The van der Waals surface area contributed by atoms with Crippen LogP contribution >= 0.6 is 0 Å². The summed E-state index contributed by atoms with van der Waals surface area (Å²) in [5.41, 5.74) is 8.06. The lowest BCUT2D eigenvalue weighted by Crippen LogP contribution is -2.28. The highest BCUT2D eigenvalue weighted by Crippen LogP contribution is 2.29. The van der Waals surface area contributed by atoms with Crippen LogP contribution in [0.15, 0.2) is 12.1 Å². The average Bonchev–Trinajstić information content (AvgIpc) is 2.62. The molecule has 0 radical (unpaired) electrons. The number of hydrogen-bond acceptors (Lipinski definition) is 5. The zero-order valence-electron chi connectivity index (χ0n) is 13.0. The van der Waals surface area contributed by atoms with E-state index in [4.69, 9.17) is 10.5 Å². The highest BCUT2D eigenvalue weighted by molar-refractivity contribution is 5.97. The molecule has 1 heterocycles. The summed E-state index contributed by atoms with van der Waals surface area (Å²) in [4.78, 5) is 14.0. The first kappa shape index (κ1) is 15.6. The molecule has 1 fully saturated rings. The van der Waals surface area contributed by atoms with Crippen LogP contribution in [0.5, 0.6) is 0 Å². The second kappa shape index (κ2) is 5.93. The third kappa shape index (κ3) is 3.47. The first-order valence-electron chi connectivity index (χ1n) is 7.30. The Labute approximate surface area is 125 Å². The summed E-state index contributed by atoms with van der Waals surface area (Å²) in [5, 5.41) is 10.2. The number of nitrogen functional groups attached to an aromatic ring is 1. The summed E-state index contributed by atoms with van der Waals surface area (Å²) in [7, 11) is 1.35. The van der Waals surface area contributed by atoms with Crippen molar-refractivity contribution in [3.05, 3.63) is 23.3 Å². The molecule has 5 nitrogen and oxygen atoms in total. The van der Waals surface area contributed by atoms with Gasteiger partial charge in [0, 0.05) is 24.5 Å². The molecule has 3 N–H and O–H groups in total. The van der Waals surface area contributed by atoms with Crippen molar-refractivity contribution < 1.29 is 14.6 Å². The van der Waals surface area contributed by atoms with E-state index in [1.807, 2.05) is 19.9 Å². The van der Waals surface area contributed by atoms with Crippen molar-refractivity contribution in [2.24, 2.45) is 0 Å². The molecular formula is C16H24N2O3. The van der Waals surface area contributed by atoms with Crippen LogP contribution in [0.4, 0.5) is 11.4 Å². The van der Waals surface area contributed by atoms with Crippen LogP contribution in [-0.2, 0) is 4.74 Å². The Balaban J connectivity index is 2.31. The second-order valence-electron chi connectivity index (χ2n) is 6.05. The number of methoxy groups -OCH3 is 1. The molecule has 5 heteroatoms. The highest BCUT2D eigenvalue weighted by atomic mass is 16.5. The molecule has 0 bridgehead atoms. The predicted octanol–water partition coefficient (Wildman–Crippen LogP) is 2.11. The molecule has 1 aromatic carbocycles. The van der Waals surface area contributed by atoms with Crippen LogP contribution < -0.4 is 10.6 Å². The standard InChI is InChI=1S/C16H24N2O3/c1-11-9-12(10-13(14(11)17)15(19)21-3)18-7-4-5-16(2,20)6-8-18/h9-10,20H,4-8,17H2,1-3H3. The van der Waals surface area contributed by atoms with Crippen molar-refractivity contribution in [3.63, 3.8) is 0 Å². The fourth-order valence-electron chi connectivity index (χ4n) is 2.76. The zero-order valence-corrected chi connectivity index (χ0v) is 13.0. The maximum atomic E-state index is 11.8. The number of nitrogens with zero attached hydrogens (tertiary/aromatic N) is 1. The van der Waals surface area contributed by atoms with Crippen LogP contribution in [0.1, 0.15) is 42.1 Å². The molecule has 21 heavy (non-hydrogen) atoms. The van der Waals surface area contributed by atoms with Gasteiger partial charge in [-0.3, -0.25) is 0 Å². The molecule has 2 rings (SSSR count). The smallest absolute Gasteiger partial charge is 0.340 e. The van der Waals surface area contributed by atoms with Crippen molar-refractivity contribution in [2.45, 2.75) is 38.7 Å². The monoisotopic (exact) mass is 292 g/mol. The third-order valence-corrected chi connectivity index (χ3v) is 4.21. The summed E-state index contributed by atoms with van der Waals surface area (Å²) in [6.45, 7) is 5.39. The number of aryl methyl sites for hydroxylation is 1. The minimum Gasteiger partial charge on any atom is -0.465 e. The van der Waals surface area contributed by atoms with Crippen LogP contribution in [0.25, 0.3) is 0 Å². The van der Waals surface area contributed by atoms with E-state index in [0.29, 0.717) is 17.7 Å². The Morgan fingerprint density at radius 1 is 1.38 bits per heavy atom. The number of ether oxygens (including phenoxy) is 1. The van der Waals surface area contributed by atoms with E-state index in [1.165, 1.54) is 7.11 Å². The molecule has 1 aromatic rings. The number of carbonyl (C=O) groups is 1. The summed E-state index contributed by atoms with van der Waals surface area (Å²) >= 11 is 0. The maximum absolute atomic E-state index is 11.8. The fraction of sp³-hybridized carbons (Fsp3) is 0.562. The van der Waals surface area contributed by atoms with Gasteiger partial charge < -0.3 is 20.5 Å². The van der Waals surface area contributed by atoms with E-state index in [2.05, 4.69) is 4.90 Å². The summed E-state index contributed by atoms with van der Waals surface area (Å²) in [6, 6.07) is 3.77. The minimum atomic E-state index is -0.608. The molecule has 116 valence electrons. The number of carbonyl (C=O) groups excluding carboxylic acids is 1. The van der Waals surface area contributed by atoms with E-state index in [-0.39, 0.29) is 0 Å². The molecule has 1 unspecified atom stereocenters. The van der Waals surface area contributed by atoms with Gasteiger partial charge in [0.1, 0.15) is 0 Å². The predicted molar refractivity (Wildman–Crippen MR) is 83.6 cm³/mol. The zero-order chi connectivity index (χ0) is 15.6. The van der Waals surface area contributed by atoms with Crippen LogP contribution in [0.2, 0.25) is 0 Å². The van der Waals surface area contributed by atoms with E-state index in [1.54, 1.807) is 6.07 Å². The quantitative estimate of drug-likeness (QED) is 0.645. The molecule has 0 spiro atoms. The van der Waals surface area contributed by atoms with Gasteiger partial charge in [-0.25, -0.2) is 4.79 Å². The second-order valence-corrected chi connectivity index (χ2v) is 6.05. The number of aliphatic hydroxyl groups is 1. The van der Waals surface area contributed by atoms with E-state index >= 15 is 0 Å². The maximum Gasteiger partial charge on any atom is 0.340 e. The van der Waals surface area contributed by atoms with Gasteiger partial charge in [-0.2, -0.15) is 0 Å². The van der Waals surface area contributed by atoms with E-state index < -0.39 is 11.6 Å². The largest absolute Gasteiger partial charge is 0.465 e. The first-order chi connectivity index (χ1) is 9.84. The van der Waals surface area contributed by atoms with Crippen molar-refractivity contribution in [1.29, 1.82) is 0 Å². The Bertz CT molecular complexity index is 541. The first-order valence-corrected chi connectivity index (χ1v) is 7.30. The Morgan fingerprint density at radius 3 is 2.76 bits per heavy atom. The number of esters is 1. The number of rotatable bonds is 2. The van der Waals surface area contributed by atoms with Crippen LogP contribution in [0, 0.1) is 6.92 Å². The summed E-state index contributed by atoms with van der Waals surface area (Å²) in [6.07, 6.45) is 2.43. The van der Waals surface area contributed by atoms with Gasteiger partial charge in [0.05, 0.1) is 18.3 Å². The Hall–Kier alpha value is -1.75. The van der Waals surface area contributed by atoms with Gasteiger partial charge in [-0.15, -0.1) is 0 Å². The van der Waals surface area contributed by atoms with Gasteiger partial charge in [0.2, 0.25) is 0 Å². The lowest BCUT2D eigenvalue weighted by molar-refractivity contribution is 0.0481. The molecule has 0 amide bonds. The van der Waals surface area contributed by atoms with Crippen molar-refractivity contribution in [3.8, 4) is 0 Å². The van der Waals surface area contributed by atoms with Gasteiger partial charge >= 0.3 is 5.97 Å². The van der Waals surface area contributed by atoms with E-state index in [0.717, 1.165) is 37.2 Å². The van der Waals surface area contributed by atoms with Crippen molar-refractivity contribution in [1.82, 2.24) is 0 Å². The van der Waals surface area contributed by atoms with Gasteiger partial charge in [0.25, 0.3) is 0 Å². The molecule has 1 aliphatic rings. The number of anilines is 2. The Kier molecular flexibility index (Phi) is 4.42. The topological polar surface area (TPSA) is 75.8 Å². The van der Waals surface area contributed by atoms with Gasteiger partial charge in [-0.1, -0.05) is 0 Å². The highest BCUT2D eigenvalue weighted by Gasteiger charge is 2.26. The number of benzene rings is 1. The number of nitrogens with two attached hydrogens (primary N) is 1. The molecular weight excluding hydrogens is 268 g/mol. The molecule has 0 saturated carbocycles.